The predicted octanol–water partition coefficient (Wildman–Crippen LogP) is 6.30. The van der Waals surface area contributed by atoms with E-state index in [4.69, 9.17) is 4.98 Å². The minimum atomic E-state index is -0.765. The summed E-state index contributed by atoms with van der Waals surface area (Å²) in [5.41, 5.74) is 7.87. The number of imidazole rings is 1. The van der Waals surface area contributed by atoms with Gasteiger partial charge in [-0.15, -0.1) is 0 Å². The van der Waals surface area contributed by atoms with Crippen molar-refractivity contribution >= 4 is 11.0 Å². The van der Waals surface area contributed by atoms with Crippen molar-refractivity contribution in [3.05, 3.63) is 100 Å². The second-order valence-corrected chi connectivity index (χ2v) is 8.35. The molecular weight excluding hydrogens is 368 g/mol. The minimum Gasteiger partial charge on any atom is -0.380 e. The summed E-state index contributed by atoms with van der Waals surface area (Å²) in [6.07, 6.45) is 0.371. The Labute approximate surface area is 179 Å². The van der Waals surface area contributed by atoms with Gasteiger partial charge in [-0.05, 0) is 66.1 Å². The summed E-state index contributed by atoms with van der Waals surface area (Å²) < 4.78 is 2.16. The fourth-order valence-electron chi connectivity index (χ4n) is 3.93. The first-order valence-electron chi connectivity index (χ1n) is 10.8. The number of nitrogens with zero attached hydrogens (tertiary/aromatic N) is 2. The second kappa shape index (κ2) is 8.45. The lowest BCUT2D eigenvalue weighted by Gasteiger charge is -2.16. The van der Waals surface area contributed by atoms with E-state index in [-0.39, 0.29) is 0 Å². The number of hydrogen-bond acceptors (Lipinski definition) is 2. The number of rotatable bonds is 6. The molecule has 0 bridgehead atoms. The third kappa shape index (κ3) is 3.90. The molecule has 1 N–H and O–H groups in total. The van der Waals surface area contributed by atoms with Crippen molar-refractivity contribution in [1.29, 1.82) is 0 Å². The van der Waals surface area contributed by atoms with Crippen LogP contribution < -0.4 is 0 Å². The molecule has 0 amide bonds. The van der Waals surface area contributed by atoms with Crippen LogP contribution in [-0.2, 0) is 6.54 Å². The molecule has 3 aromatic carbocycles. The van der Waals surface area contributed by atoms with Crippen LogP contribution in [0.25, 0.3) is 11.0 Å². The van der Waals surface area contributed by atoms with Gasteiger partial charge < -0.3 is 9.67 Å². The normalized spacial score (nSPS) is 13.5. The van der Waals surface area contributed by atoms with Gasteiger partial charge in [0.1, 0.15) is 11.9 Å². The maximum Gasteiger partial charge on any atom is 0.143 e. The third-order valence-electron chi connectivity index (χ3n) is 6.25. The molecular formula is C27H30N2O. The van der Waals surface area contributed by atoms with Crippen molar-refractivity contribution in [2.24, 2.45) is 0 Å². The summed E-state index contributed by atoms with van der Waals surface area (Å²) in [4.78, 5) is 4.86. The fourth-order valence-corrected chi connectivity index (χ4v) is 3.93. The Balaban J connectivity index is 1.79. The van der Waals surface area contributed by atoms with Crippen LogP contribution in [-0.4, -0.2) is 14.7 Å². The highest BCUT2D eigenvalue weighted by Crippen LogP contribution is 2.29. The molecule has 3 heteroatoms. The lowest BCUT2D eigenvalue weighted by molar-refractivity contribution is 0.206. The summed E-state index contributed by atoms with van der Waals surface area (Å²) in [5.74, 6) is 1.25. The zero-order valence-corrected chi connectivity index (χ0v) is 18.3. The van der Waals surface area contributed by atoms with Crippen LogP contribution in [0.1, 0.15) is 65.9 Å². The first-order chi connectivity index (χ1) is 14.5. The van der Waals surface area contributed by atoms with Crippen molar-refractivity contribution in [2.75, 3.05) is 0 Å². The van der Waals surface area contributed by atoms with Crippen LogP contribution in [0, 0.1) is 13.8 Å². The van der Waals surface area contributed by atoms with E-state index in [1.165, 1.54) is 22.3 Å². The van der Waals surface area contributed by atoms with Crippen LogP contribution in [0.5, 0.6) is 0 Å². The van der Waals surface area contributed by atoms with Crippen molar-refractivity contribution in [2.45, 2.75) is 52.7 Å². The number of aliphatic hydroxyl groups excluding tert-OH is 1. The van der Waals surface area contributed by atoms with E-state index in [1.807, 2.05) is 30.3 Å². The van der Waals surface area contributed by atoms with Crippen LogP contribution in [0.15, 0.2) is 66.7 Å². The SMILES string of the molecule is CCC(C)c1ccc(Cn2c(C(O)c3ccccc3)nc3cc(C)c(C)cc32)cc1. The molecule has 0 saturated carbocycles. The topological polar surface area (TPSA) is 38.0 Å². The molecule has 2 atom stereocenters. The average molecular weight is 399 g/mol. The van der Waals surface area contributed by atoms with E-state index < -0.39 is 6.10 Å². The number of aryl methyl sites for hydroxylation is 2. The molecule has 0 fully saturated rings. The van der Waals surface area contributed by atoms with E-state index in [2.05, 4.69) is 68.7 Å². The first-order valence-corrected chi connectivity index (χ1v) is 10.8. The van der Waals surface area contributed by atoms with Gasteiger partial charge in [0.25, 0.3) is 0 Å². The van der Waals surface area contributed by atoms with Gasteiger partial charge in [0, 0.05) is 6.54 Å². The number of fused-ring (bicyclic) bond motifs is 1. The Hall–Kier alpha value is -2.91. The Morgan fingerprint density at radius 2 is 1.57 bits per heavy atom. The van der Waals surface area contributed by atoms with Crippen molar-refractivity contribution in [3.8, 4) is 0 Å². The molecule has 4 rings (SSSR count). The minimum absolute atomic E-state index is 0.564. The molecule has 2 unspecified atom stereocenters. The smallest absolute Gasteiger partial charge is 0.143 e. The average Bonchev–Trinajstić information content (AvgIpc) is 3.11. The van der Waals surface area contributed by atoms with Gasteiger partial charge in [-0.25, -0.2) is 4.98 Å². The number of aromatic nitrogens is 2. The molecule has 4 aromatic rings. The Morgan fingerprint density at radius 1 is 0.900 bits per heavy atom. The number of benzene rings is 3. The van der Waals surface area contributed by atoms with Crippen molar-refractivity contribution in [3.63, 3.8) is 0 Å². The van der Waals surface area contributed by atoms with Gasteiger partial charge in [0.15, 0.2) is 0 Å². The monoisotopic (exact) mass is 398 g/mol. The van der Waals surface area contributed by atoms with Gasteiger partial charge in [-0.3, -0.25) is 0 Å². The molecule has 0 aliphatic heterocycles. The lowest BCUT2D eigenvalue weighted by Crippen LogP contribution is -2.11. The fraction of sp³-hybridized carbons (Fsp3) is 0.296. The summed E-state index contributed by atoms with van der Waals surface area (Å²) in [6.45, 7) is 9.39. The molecule has 1 heterocycles. The van der Waals surface area contributed by atoms with E-state index in [0.29, 0.717) is 18.3 Å². The van der Waals surface area contributed by atoms with Gasteiger partial charge >= 0.3 is 0 Å². The predicted molar refractivity (Wildman–Crippen MR) is 124 cm³/mol. The van der Waals surface area contributed by atoms with Crippen LogP contribution in [0.2, 0.25) is 0 Å². The maximum absolute atomic E-state index is 11.2. The van der Waals surface area contributed by atoms with Crippen molar-refractivity contribution in [1.82, 2.24) is 9.55 Å². The summed E-state index contributed by atoms with van der Waals surface area (Å²) in [7, 11) is 0. The molecule has 0 aliphatic carbocycles. The molecule has 0 radical (unpaired) electrons. The molecule has 154 valence electrons. The Bertz CT molecular complexity index is 1140. The summed E-state index contributed by atoms with van der Waals surface area (Å²) in [6, 6.07) is 22.9. The van der Waals surface area contributed by atoms with E-state index in [0.717, 1.165) is 23.0 Å². The van der Waals surface area contributed by atoms with Gasteiger partial charge in [-0.2, -0.15) is 0 Å². The van der Waals surface area contributed by atoms with Gasteiger partial charge in [-0.1, -0.05) is 68.4 Å². The summed E-state index contributed by atoms with van der Waals surface area (Å²) in [5, 5.41) is 11.2. The lowest BCUT2D eigenvalue weighted by atomic mass is 9.97. The van der Waals surface area contributed by atoms with Gasteiger partial charge in [0.05, 0.1) is 11.0 Å². The standard InChI is InChI=1S/C27H30N2O/c1-5-18(2)22-13-11-21(12-14-22)17-29-25-16-20(4)19(3)15-24(25)28-27(29)26(30)23-9-7-6-8-10-23/h6-16,18,26,30H,5,17H2,1-4H3. The van der Waals surface area contributed by atoms with E-state index >= 15 is 0 Å². The first kappa shape index (κ1) is 20.4. The molecule has 3 nitrogen and oxygen atoms in total. The largest absolute Gasteiger partial charge is 0.380 e. The highest BCUT2D eigenvalue weighted by Gasteiger charge is 2.20. The molecule has 30 heavy (non-hydrogen) atoms. The van der Waals surface area contributed by atoms with E-state index in [1.54, 1.807) is 0 Å². The van der Waals surface area contributed by atoms with Crippen molar-refractivity contribution < 1.29 is 5.11 Å². The molecule has 0 saturated heterocycles. The number of hydrogen-bond donors (Lipinski definition) is 1. The maximum atomic E-state index is 11.2. The summed E-state index contributed by atoms with van der Waals surface area (Å²) >= 11 is 0. The van der Waals surface area contributed by atoms with E-state index in [9.17, 15) is 5.11 Å². The highest BCUT2D eigenvalue weighted by molar-refractivity contribution is 5.78. The molecule has 0 aliphatic rings. The zero-order valence-electron chi connectivity index (χ0n) is 18.3. The third-order valence-corrected chi connectivity index (χ3v) is 6.25. The van der Waals surface area contributed by atoms with Gasteiger partial charge in [0.2, 0.25) is 0 Å². The molecule has 0 spiro atoms. The Morgan fingerprint density at radius 3 is 2.23 bits per heavy atom. The zero-order chi connectivity index (χ0) is 21.3. The highest BCUT2D eigenvalue weighted by atomic mass is 16.3. The second-order valence-electron chi connectivity index (χ2n) is 8.35. The quantitative estimate of drug-likeness (QED) is 0.414. The van der Waals surface area contributed by atoms with Crippen LogP contribution in [0.3, 0.4) is 0 Å². The van der Waals surface area contributed by atoms with Crippen LogP contribution >= 0.6 is 0 Å². The number of aliphatic hydroxyl groups is 1. The van der Waals surface area contributed by atoms with Crippen LogP contribution in [0.4, 0.5) is 0 Å². The molecule has 1 aromatic heterocycles. The Kier molecular flexibility index (Phi) is 5.74.